The Morgan fingerprint density at radius 3 is 2.60 bits per heavy atom. The van der Waals surface area contributed by atoms with Crippen molar-refractivity contribution in [2.24, 2.45) is 11.3 Å². The first kappa shape index (κ1) is 26.9. The third-order valence-corrected chi connectivity index (χ3v) is 8.74. The molecular formula is C29H24F6N4O3. The first-order valence-electron chi connectivity index (χ1n) is 13.6. The minimum Gasteiger partial charge on any atom is -0.395 e. The maximum atomic E-state index is 15.0. The molecule has 3 atom stereocenters. The molecule has 2 aromatic carbocycles. The molecule has 1 aromatic heterocycles. The van der Waals surface area contributed by atoms with Crippen molar-refractivity contribution in [1.29, 1.82) is 5.26 Å². The number of hydrogen-bond donors (Lipinski definition) is 1. The first-order chi connectivity index (χ1) is 19.9. The molecule has 42 heavy (non-hydrogen) atoms. The highest BCUT2D eigenvalue weighted by molar-refractivity contribution is 5.56. The van der Waals surface area contributed by atoms with Crippen molar-refractivity contribution in [3.8, 4) is 23.3 Å². The molecule has 0 spiro atoms. The predicted octanol–water partition coefficient (Wildman–Crippen LogP) is 7.22. The van der Waals surface area contributed by atoms with Gasteiger partial charge in [-0.05, 0) is 80.8 Å². The average Bonchev–Trinajstić information content (AvgIpc) is 3.44. The average molecular weight is 591 g/mol. The van der Waals surface area contributed by atoms with Crippen molar-refractivity contribution < 1.29 is 40.6 Å². The van der Waals surface area contributed by atoms with Crippen molar-refractivity contribution in [3.05, 3.63) is 64.7 Å². The fourth-order valence-corrected chi connectivity index (χ4v) is 6.53. The third-order valence-electron chi connectivity index (χ3n) is 8.74. The molecule has 0 saturated heterocycles. The number of hydrogen-bond acceptors (Lipinski definition) is 6. The zero-order valence-electron chi connectivity index (χ0n) is 22.1. The normalized spacial score (nSPS) is 27.3. The SMILES string of the molecule is C[C@H](Nc1cc(-n2nc(C(F)(F)F)c3c2[C@@H](OC2C4CC2(C#N)C4)CCC3)ccc1F)c1ccc2c(c1)OC(F)(F)O2. The lowest BCUT2D eigenvalue weighted by molar-refractivity contribution is -0.286. The Morgan fingerprint density at radius 1 is 1.14 bits per heavy atom. The molecule has 3 aromatic rings. The maximum absolute atomic E-state index is 15.0. The number of ether oxygens (including phenoxy) is 3. The highest BCUT2D eigenvalue weighted by atomic mass is 19.4. The van der Waals surface area contributed by atoms with Gasteiger partial charge in [0.25, 0.3) is 0 Å². The molecule has 3 saturated carbocycles. The van der Waals surface area contributed by atoms with Crippen LogP contribution in [0.1, 0.15) is 67.3 Å². The molecular weight excluding hydrogens is 566 g/mol. The minimum atomic E-state index is -4.71. The Labute approximate surface area is 236 Å². The summed E-state index contributed by atoms with van der Waals surface area (Å²) in [4.78, 5) is 0. The molecule has 2 bridgehead atoms. The second-order valence-electron chi connectivity index (χ2n) is 11.4. The molecule has 7 nitrogen and oxygen atoms in total. The van der Waals surface area contributed by atoms with E-state index in [0.29, 0.717) is 18.4 Å². The fourth-order valence-electron chi connectivity index (χ4n) is 6.53. The smallest absolute Gasteiger partial charge is 0.395 e. The molecule has 1 N–H and O–H groups in total. The molecule has 5 aliphatic rings. The van der Waals surface area contributed by atoms with E-state index >= 15 is 0 Å². The van der Waals surface area contributed by atoms with Gasteiger partial charge in [0.05, 0.1) is 34.7 Å². The van der Waals surface area contributed by atoms with E-state index < -0.39 is 41.5 Å². The first-order valence-corrected chi connectivity index (χ1v) is 13.6. The van der Waals surface area contributed by atoms with Gasteiger partial charge in [0.15, 0.2) is 17.2 Å². The minimum absolute atomic E-state index is 0.0299. The molecule has 13 heteroatoms. The van der Waals surface area contributed by atoms with Gasteiger partial charge in [-0.15, -0.1) is 8.78 Å². The van der Waals surface area contributed by atoms with E-state index in [1.54, 1.807) is 6.92 Å². The van der Waals surface area contributed by atoms with Crippen LogP contribution in [-0.2, 0) is 17.3 Å². The second kappa shape index (κ2) is 9.04. The summed E-state index contributed by atoms with van der Waals surface area (Å²) in [5.41, 5.74) is -0.644. The van der Waals surface area contributed by atoms with Crippen LogP contribution in [0.25, 0.3) is 5.69 Å². The topological polar surface area (TPSA) is 81.3 Å². The largest absolute Gasteiger partial charge is 0.586 e. The summed E-state index contributed by atoms with van der Waals surface area (Å²) < 4.78 is 101. The van der Waals surface area contributed by atoms with E-state index in [-0.39, 0.29) is 52.6 Å². The Kier molecular flexibility index (Phi) is 5.80. The fraction of sp³-hybridized carbons (Fsp3) is 0.448. The van der Waals surface area contributed by atoms with E-state index in [4.69, 9.17) is 4.74 Å². The lowest BCUT2D eigenvalue weighted by Gasteiger charge is -2.64. The highest BCUT2D eigenvalue weighted by Crippen LogP contribution is 2.66. The van der Waals surface area contributed by atoms with Gasteiger partial charge in [-0.2, -0.15) is 23.5 Å². The summed E-state index contributed by atoms with van der Waals surface area (Å²) in [6.07, 6.45) is -6.97. The number of nitrogens with one attached hydrogen (secondary N) is 1. The number of alkyl halides is 5. The summed E-state index contributed by atoms with van der Waals surface area (Å²) in [5, 5.41) is 16.5. The van der Waals surface area contributed by atoms with Gasteiger partial charge >= 0.3 is 12.5 Å². The number of benzene rings is 2. The van der Waals surface area contributed by atoms with Gasteiger partial charge in [-0.3, -0.25) is 0 Å². The molecule has 8 rings (SSSR count). The van der Waals surface area contributed by atoms with Crippen molar-refractivity contribution in [1.82, 2.24) is 9.78 Å². The number of nitriles is 1. The van der Waals surface area contributed by atoms with Crippen LogP contribution in [0, 0.1) is 28.5 Å². The van der Waals surface area contributed by atoms with E-state index in [2.05, 4.69) is 26.0 Å². The van der Waals surface area contributed by atoms with Crippen LogP contribution in [-0.4, -0.2) is 22.2 Å². The zero-order valence-corrected chi connectivity index (χ0v) is 22.1. The van der Waals surface area contributed by atoms with Gasteiger partial charge in [0, 0.05) is 11.6 Å². The molecule has 1 aliphatic heterocycles. The van der Waals surface area contributed by atoms with Gasteiger partial charge in [0.2, 0.25) is 0 Å². The third kappa shape index (κ3) is 4.18. The Balaban J connectivity index is 1.21. The Hall–Kier alpha value is -3.92. The second-order valence-corrected chi connectivity index (χ2v) is 11.4. The van der Waals surface area contributed by atoms with Crippen LogP contribution in [0.2, 0.25) is 0 Å². The van der Waals surface area contributed by atoms with Crippen molar-refractivity contribution >= 4 is 5.69 Å². The lowest BCUT2D eigenvalue weighted by Crippen LogP contribution is -2.66. The summed E-state index contributed by atoms with van der Waals surface area (Å²) in [6.45, 7) is 1.66. The maximum Gasteiger partial charge on any atom is 0.586 e. The van der Waals surface area contributed by atoms with E-state index in [1.807, 2.05) is 0 Å². The number of fused-ring (bicyclic) bond motifs is 2. The van der Waals surface area contributed by atoms with Crippen LogP contribution in [0.15, 0.2) is 36.4 Å². The zero-order chi connectivity index (χ0) is 29.6. The van der Waals surface area contributed by atoms with Gasteiger partial charge < -0.3 is 19.5 Å². The summed E-state index contributed by atoms with van der Waals surface area (Å²) in [7, 11) is 0. The van der Waals surface area contributed by atoms with Crippen LogP contribution in [0.5, 0.6) is 11.5 Å². The van der Waals surface area contributed by atoms with Crippen LogP contribution in [0.3, 0.4) is 0 Å². The van der Waals surface area contributed by atoms with Crippen LogP contribution < -0.4 is 14.8 Å². The lowest BCUT2D eigenvalue weighted by atomic mass is 9.43. The molecule has 0 amide bonds. The van der Waals surface area contributed by atoms with E-state index in [1.165, 1.54) is 35.0 Å². The molecule has 0 radical (unpaired) electrons. The van der Waals surface area contributed by atoms with E-state index in [9.17, 15) is 31.6 Å². The molecule has 3 fully saturated rings. The number of aromatic nitrogens is 2. The standard InChI is InChI=1S/C29H24F6N4O3/c1-14(15-5-8-21-23(9-15)42-29(34,35)41-21)37-20-10-17(6-7-19(20)30)39-24-18(25(38-39)28(31,32)33)3-2-4-22(24)40-26-16-11-27(26,12-16)13-36/h5-10,14,16,22,26,37H,2-4,11-12H2,1H3/t14-,16?,22-,26?,27?/m0/s1. The number of halogens is 6. The van der Waals surface area contributed by atoms with Gasteiger partial charge in [0.1, 0.15) is 11.9 Å². The van der Waals surface area contributed by atoms with Crippen LogP contribution in [0.4, 0.5) is 32.0 Å². The highest BCUT2D eigenvalue weighted by Gasteiger charge is 2.68. The van der Waals surface area contributed by atoms with Gasteiger partial charge in [-0.25, -0.2) is 9.07 Å². The van der Waals surface area contributed by atoms with Gasteiger partial charge in [-0.1, -0.05) is 6.07 Å². The quantitative estimate of drug-likeness (QED) is 0.306. The van der Waals surface area contributed by atoms with Crippen molar-refractivity contribution in [3.63, 3.8) is 0 Å². The summed E-state index contributed by atoms with van der Waals surface area (Å²) in [5.74, 6) is -0.756. The Bertz CT molecular complexity index is 1620. The molecule has 2 heterocycles. The molecule has 4 aliphatic carbocycles. The predicted molar refractivity (Wildman–Crippen MR) is 135 cm³/mol. The Morgan fingerprint density at radius 2 is 1.90 bits per heavy atom. The summed E-state index contributed by atoms with van der Waals surface area (Å²) >= 11 is 0. The van der Waals surface area contributed by atoms with Crippen molar-refractivity contribution in [2.75, 3.05) is 5.32 Å². The monoisotopic (exact) mass is 590 g/mol. The number of rotatable bonds is 6. The summed E-state index contributed by atoms with van der Waals surface area (Å²) in [6, 6.07) is 9.69. The molecule has 1 unspecified atom stereocenters. The van der Waals surface area contributed by atoms with Crippen LogP contribution >= 0.6 is 0 Å². The van der Waals surface area contributed by atoms with E-state index in [0.717, 1.165) is 18.9 Å². The molecule has 220 valence electrons. The van der Waals surface area contributed by atoms with Crippen molar-refractivity contribution in [2.45, 2.75) is 69.7 Å². The number of anilines is 1. The number of nitrogens with zero attached hydrogens (tertiary/aromatic N) is 3.